The largest absolute Gasteiger partial charge is 0.397 e. The average Bonchev–Trinajstić information content (AvgIpc) is 2.31. The smallest absolute Gasteiger partial charge is 0.382 e. The molecule has 1 heterocycles. The van der Waals surface area contributed by atoms with E-state index in [1.807, 2.05) is 0 Å². The Labute approximate surface area is 58.0 Å². The predicted molar refractivity (Wildman–Crippen MR) is 32.9 cm³/mol. The van der Waals surface area contributed by atoms with Gasteiger partial charge in [0.05, 0.1) is 11.7 Å². The number of H-pyrrole nitrogens is 1. The molecule has 0 aliphatic carbocycles. The van der Waals surface area contributed by atoms with E-state index in [9.17, 15) is 0 Å². The van der Waals surface area contributed by atoms with Gasteiger partial charge in [0.15, 0.2) is 0 Å². The number of anilines is 1. The second-order valence-corrected chi connectivity index (χ2v) is 1.80. The summed E-state index contributed by atoms with van der Waals surface area (Å²) < 4.78 is 6.42. The fourth-order valence-corrected chi connectivity index (χ4v) is 0.580. The molecule has 6 nitrogen and oxygen atoms in total. The zero-order chi connectivity index (χ0) is 7.40. The number of nitrogen functional groups attached to an aromatic ring is 1. The number of nitrogens with one attached hydrogen (secondary N) is 1. The summed E-state index contributed by atoms with van der Waals surface area (Å²) in [5.41, 5.74) is 5.38. The van der Waals surface area contributed by atoms with Gasteiger partial charge in [-0.05, 0) is 0 Å². The standard InChI is InChI=1S/C4H9N5O/c1-10-3-2-9-4(5)6-7-8-9/h2-3H2,1H3,(H2,5,6,8)/p+1. The minimum absolute atomic E-state index is 0.372. The summed E-state index contributed by atoms with van der Waals surface area (Å²) in [6.45, 7) is 1.24. The van der Waals surface area contributed by atoms with Gasteiger partial charge >= 0.3 is 5.95 Å². The Morgan fingerprint density at radius 2 is 2.60 bits per heavy atom. The maximum absolute atomic E-state index is 5.38. The molecule has 0 fully saturated rings. The summed E-state index contributed by atoms with van der Waals surface area (Å²) in [6, 6.07) is 0. The van der Waals surface area contributed by atoms with Crippen LogP contribution in [-0.2, 0) is 11.3 Å². The van der Waals surface area contributed by atoms with E-state index in [2.05, 4.69) is 15.5 Å². The number of rotatable bonds is 3. The molecule has 10 heavy (non-hydrogen) atoms. The molecule has 0 bridgehead atoms. The van der Waals surface area contributed by atoms with Gasteiger partial charge in [0.1, 0.15) is 11.8 Å². The summed E-state index contributed by atoms with van der Waals surface area (Å²) in [5, 5.41) is 9.62. The van der Waals surface area contributed by atoms with Crippen molar-refractivity contribution in [3.05, 3.63) is 0 Å². The minimum Gasteiger partial charge on any atom is -0.382 e. The maximum atomic E-state index is 5.38. The molecule has 6 heteroatoms. The van der Waals surface area contributed by atoms with E-state index in [-0.39, 0.29) is 0 Å². The molecule has 0 saturated heterocycles. The van der Waals surface area contributed by atoms with Crippen molar-refractivity contribution < 1.29 is 9.42 Å². The van der Waals surface area contributed by atoms with Crippen LogP contribution in [0.5, 0.6) is 0 Å². The van der Waals surface area contributed by atoms with E-state index >= 15 is 0 Å². The van der Waals surface area contributed by atoms with Gasteiger partial charge < -0.3 is 10.5 Å². The average molecular weight is 144 g/mol. The van der Waals surface area contributed by atoms with Crippen LogP contribution < -0.4 is 10.4 Å². The summed E-state index contributed by atoms with van der Waals surface area (Å²) >= 11 is 0. The molecular formula is C4H10N5O+. The van der Waals surface area contributed by atoms with E-state index < -0.39 is 0 Å². The van der Waals surface area contributed by atoms with Crippen LogP contribution in [-0.4, -0.2) is 29.2 Å². The Bertz CT molecular complexity index is 197. The van der Waals surface area contributed by atoms with E-state index in [0.29, 0.717) is 19.1 Å². The first-order valence-electron chi connectivity index (χ1n) is 2.90. The summed E-state index contributed by atoms with van der Waals surface area (Å²) in [5.74, 6) is 0.372. The second kappa shape index (κ2) is 3.11. The molecule has 3 N–H and O–H groups in total. The van der Waals surface area contributed by atoms with Crippen LogP contribution in [0.15, 0.2) is 0 Å². The SMILES string of the molecule is COCC[n+]1[nH]nnc1N. The van der Waals surface area contributed by atoms with Gasteiger partial charge in [0.25, 0.3) is 0 Å². The summed E-state index contributed by atoms with van der Waals surface area (Å²) in [7, 11) is 1.63. The van der Waals surface area contributed by atoms with Crippen molar-refractivity contribution in [3.8, 4) is 0 Å². The number of methoxy groups -OCH3 is 1. The van der Waals surface area contributed by atoms with E-state index in [0.717, 1.165) is 0 Å². The van der Waals surface area contributed by atoms with E-state index in [1.54, 1.807) is 11.8 Å². The summed E-state index contributed by atoms with van der Waals surface area (Å²) in [6.07, 6.45) is 0. The van der Waals surface area contributed by atoms with Gasteiger partial charge in [0, 0.05) is 7.11 Å². The van der Waals surface area contributed by atoms with Crippen molar-refractivity contribution in [1.82, 2.24) is 15.5 Å². The highest BCUT2D eigenvalue weighted by molar-refractivity contribution is 4.97. The van der Waals surface area contributed by atoms with Crippen LogP contribution in [0.25, 0.3) is 0 Å². The van der Waals surface area contributed by atoms with Gasteiger partial charge in [-0.2, -0.15) is 4.68 Å². The minimum atomic E-state index is 0.372. The zero-order valence-electron chi connectivity index (χ0n) is 5.74. The molecule has 0 aliphatic rings. The third kappa shape index (κ3) is 1.41. The molecule has 1 aromatic rings. The van der Waals surface area contributed by atoms with Gasteiger partial charge in [-0.3, -0.25) is 0 Å². The number of aromatic amines is 1. The molecule has 1 rings (SSSR count). The van der Waals surface area contributed by atoms with Crippen molar-refractivity contribution >= 4 is 5.95 Å². The molecule has 0 atom stereocenters. The predicted octanol–water partition coefficient (Wildman–Crippen LogP) is -1.68. The first-order chi connectivity index (χ1) is 4.84. The number of aromatic nitrogens is 4. The normalized spacial score (nSPS) is 10.1. The highest BCUT2D eigenvalue weighted by Crippen LogP contribution is 1.76. The number of nitrogens with zero attached hydrogens (tertiary/aromatic N) is 3. The van der Waals surface area contributed by atoms with Crippen LogP contribution in [0.3, 0.4) is 0 Å². The molecule has 56 valence electrons. The van der Waals surface area contributed by atoms with Crippen LogP contribution >= 0.6 is 0 Å². The number of ether oxygens (including phenoxy) is 1. The molecule has 0 amide bonds. The lowest BCUT2D eigenvalue weighted by atomic mass is 10.7. The van der Waals surface area contributed by atoms with Crippen molar-refractivity contribution in [2.45, 2.75) is 6.54 Å². The molecule has 0 saturated carbocycles. The zero-order valence-corrected chi connectivity index (χ0v) is 5.74. The third-order valence-electron chi connectivity index (χ3n) is 1.11. The highest BCUT2D eigenvalue weighted by atomic mass is 16.5. The quantitative estimate of drug-likeness (QED) is 0.496. The monoisotopic (exact) mass is 144 g/mol. The maximum Gasteiger partial charge on any atom is 0.397 e. The Morgan fingerprint density at radius 3 is 3.10 bits per heavy atom. The Kier molecular flexibility index (Phi) is 2.16. The van der Waals surface area contributed by atoms with Crippen molar-refractivity contribution in [2.24, 2.45) is 0 Å². The molecule has 0 unspecified atom stereocenters. The first kappa shape index (κ1) is 6.94. The third-order valence-corrected chi connectivity index (χ3v) is 1.11. The first-order valence-corrected chi connectivity index (χ1v) is 2.90. The van der Waals surface area contributed by atoms with Crippen LogP contribution in [0, 0.1) is 0 Å². The molecule has 0 aromatic carbocycles. The summed E-state index contributed by atoms with van der Waals surface area (Å²) in [4.78, 5) is 0. The van der Waals surface area contributed by atoms with Crippen LogP contribution in [0.2, 0.25) is 0 Å². The number of tetrazole rings is 1. The van der Waals surface area contributed by atoms with Crippen molar-refractivity contribution in [3.63, 3.8) is 0 Å². The highest BCUT2D eigenvalue weighted by Gasteiger charge is 2.05. The van der Waals surface area contributed by atoms with Gasteiger partial charge in [-0.25, -0.2) is 0 Å². The van der Waals surface area contributed by atoms with Crippen LogP contribution in [0.4, 0.5) is 5.95 Å². The number of hydrogen-bond acceptors (Lipinski definition) is 4. The molecule has 1 aromatic heterocycles. The lowest BCUT2D eigenvalue weighted by Crippen LogP contribution is -2.40. The number of hydrogen-bond donors (Lipinski definition) is 2. The fourth-order valence-electron chi connectivity index (χ4n) is 0.580. The van der Waals surface area contributed by atoms with Crippen LogP contribution in [0.1, 0.15) is 0 Å². The lowest BCUT2D eigenvalue weighted by molar-refractivity contribution is -0.742. The Morgan fingerprint density at radius 1 is 1.80 bits per heavy atom. The van der Waals surface area contributed by atoms with E-state index in [1.165, 1.54) is 0 Å². The Hall–Kier alpha value is -1.17. The van der Waals surface area contributed by atoms with E-state index in [4.69, 9.17) is 10.5 Å². The van der Waals surface area contributed by atoms with Gasteiger partial charge in [-0.1, -0.05) is 0 Å². The fraction of sp³-hybridized carbons (Fsp3) is 0.750. The topological polar surface area (TPSA) is 80.7 Å². The second-order valence-electron chi connectivity index (χ2n) is 1.80. The molecule has 0 radical (unpaired) electrons. The van der Waals surface area contributed by atoms with Gasteiger partial charge in [0.2, 0.25) is 0 Å². The molecule has 0 aliphatic heterocycles. The van der Waals surface area contributed by atoms with Gasteiger partial charge in [-0.15, -0.1) is 5.21 Å². The Balaban J connectivity index is 2.49. The molecule has 0 spiro atoms. The lowest BCUT2D eigenvalue weighted by Gasteiger charge is -1.93. The molecular weight excluding hydrogens is 134 g/mol. The van der Waals surface area contributed by atoms with Crippen molar-refractivity contribution in [1.29, 1.82) is 0 Å². The van der Waals surface area contributed by atoms with Crippen molar-refractivity contribution in [2.75, 3.05) is 19.5 Å². The number of nitrogens with two attached hydrogens (primary N) is 1.